The zero-order chi connectivity index (χ0) is 18.4. The number of Topliss-reactive ketones (excluding diaryl/α,β-unsaturated/α-hetero) is 1. The van der Waals surface area contributed by atoms with Crippen molar-refractivity contribution in [1.29, 1.82) is 0 Å². The number of fused-ring (bicyclic) bond motifs is 1. The summed E-state index contributed by atoms with van der Waals surface area (Å²) >= 11 is 0. The van der Waals surface area contributed by atoms with Gasteiger partial charge in [0.2, 0.25) is 0 Å². The van der Waals surface area contributed by atoms with Gasteiger partial charge >= 0.3 is 0 Å². The van der Waals surface area contributed by atoms with Crippen LogP contribution < -0.4 is 5.32 Å². The zero-order valence-electron chi connectivity index (χ0n) is 15.2. The third kappa shape index (κ3) is 2.71. The maximum absolute atomic E-state index is 12.6. The molecule has 0 saturated heterocycles. The van der Waals surface area contributed by atoms with E-state index in [-0.39, 0.29) is 11.7 Å². The molecule has 26 heavy (non-hydrogen) atoms. The second-order valence-electron chi connectivity index (χ2n) is 7.12. The third-order valence-electron chi connectivity index (χ3n) is 5.27. The van der Waals surface area contributed by atoms with Crippen molar-refractivity contribution in [3.63, 3.8) is 0 Å². The number of aromatic nitrogens is 3. The number of carbonyl (C=O) groups excluding carboxylic acids is 2. The first-order valence-electron chi connectivity index (χ1n) is 8.95. The first kappa shape index (κ1) is 16.6. The summed E-state index contributed by atoms with van der Waals surface area (Å²) in [5.41, 5.74) is 4.94. The highest BCUT2D eigenvalue weighted by atomic mass is 16.2. The summed E-state index contributed by atoms with van der Waals surface area (Å²) in [6.45, 7) is 5.11. The topological polar surface area (TPSA) is 90.6 Å². The van der Waals surface area contributed by atoms with Crippen LogP contribution in [0, 0.1) is 13.8 Å². The number of ketones is 1. The molecule has 6 heteroatoms. The van der Waals surface area contributed by atoms with E-state index in [9.17, 15) is 9.59 Å². The standard InChI is InChI=1S/C20H22N4O2/c1-10-17(12(3)25)11(2)21-18(10)20(26)22-14-7-8-15-16(9-14)24-19(23-15)13-5-4-6-13/h7-9,13,21H,4-6H2,1-3H3,(H,22,26)(H,23,24). The van der Waals surface area contributed by atoms with Crippen molar-refractivity contribution in [2.45, 2.75) is 46.0 Å². The van der Waals surface area contributed by atoms with E-state index in [1.54, 1.807) is 13.8 Å². The van der Waals surface area contributed by atoms with Gasteiger partial charge in [-0.15, -0.1) is 0 Å². The van der Waals surface area contributed by atoms with Crippen LogP contribution >= 0.6 is 0 Å². The van der Waals surface area contributed by atoms with Crippen LogP contribution in [0.5, 0.6) is 0 Å². The van der Waals surface area contributed by atoms with Gasteiger partial charge in [0.05, 0.1) is 11.0 Å². The number of hydrogen-bond acceptors (Lipinski definition) is 3. The van der Waals surface area contributed by atoms with Gasteiger partial charge in [-0.1, -0.05) is 6.42 Å². The molecule has 3 aromatic rings. The molecule has 0 bridgehead atoms. The van der Waals surface area contributed by atoms with E-state index in [0.29, 0.717) is 34.1 Å². The Balaban J connectivity index is 1.59. The molecule has 0 unspecified atom stereocenters. The molecule has 1 aromatic carbocycles. The van der Waals surface area contributed by atoms with Gasteiger partial charge in [-0.2, -0.15) is 0 Å². The van der Waals surface area contributed by atoms with Gasteiger partial charge < -0.3 is 15.3 Å². The van der Waals surface area contributed by atoms with Gasteiger partial charge in [0.1, 0.15) is 11.5 Å². The van der Waals surface area contributed by atoms with Gasteiger partial charge in [-0.25, -0.2) is 4.98 Å². The minimum absolute atomic E-state index is 0.0438. The molecule has 0 radical (unpaired) electrons. The average molecular weight is 350 g/mol. The Morgan fingerprint density at radius 2 is 1.96 bits per heavy atom. The predicted octanol–water partition coefficient (Wildman–Crippen LogP) is 4.23. The molecule has 1 aliphatic rings. The van der Waals surface area contributed by atoms with E-state index in [2.05, 4.69) is 20.3 Å². The van der Waals surface area contributed by atoms with Crippen LogP contribution in [-0.4, -0.2) is 26.6 Å². The van der Waals surface area contributed by atoms with E-state index in [0.717, 1.165) is 16.9 Å². The molecule has 1 saturated carbocycles. The maximum atomic E-state index is 12.6. The minimum Gasteiger partial charge on any atom is -0.354 e. The summed E-state index contributed by atoms with van der Waals surface area (Å²) < 4.78 is 0. The lowest BCUT2D eigenvalue weighted by atomic mass is 9.85. The van der Waals surface area contributed by atoms with Gasteiger partial charge in [0.25, 0.3) is 5.91 Å². The predicted molar refractivity (Wildman–Crippen MR) is 101 cm³/mol. The van der Waals surface area contributed by atoms with Crippen LogP contribution in [0.25, 0.3) is 11.0 Å². The van der Waals surface area contributed by atoms with Crippen molar-refractivity contribution >= 4 is 28.4 Å². The molecule has 1 fully saturated rings. The zero-order valence-corrected chi connectivity index (χ0v) is 15.2. The molecule has 0 aliphatic heterocycles. The lowest BCUT2D eigenvalue weighted by Gasteiger charge is -2.22. The number of carbonyl (C=O) groups is 2. The maximum Gasteiger partial charge on any atom is 0.272 e. The lowest BCUT2D eigenvalue weighted by Crippen LogP contribution is -2.13. The Morgan fingerprint density at radius 1 is 1.19 bits per heavy atom. The number of H-pyrrole nitrogens is 2. The van der Waals surface area contributed by atoms with Gasteiger partial charge in [-0.3, -0.25) is 9.59 Å². The number of benzene rings is 1. The van der Waals surface area contributed by atoms with Crippen LogP contribution in [0.4, 0.5) is 5.69 Å². The van der Waals surface area contributed by atoms with Crippen molar-refractivity contribution in [2.75, 3.05) is 5.32 Å². The number of hydrogen-bond donors (Lipinski definition) is 3. The summed E-state index contributed by atoms with van der Waals surface area (Å²) in [4.78, 5) is 35.5. The molecule has 1 amide bonds. The Kier molecular flexibility index (Phi) is 3.90. The molecule has 3 N–H and O–H groups in total. The first-order chi connectivity index (χ1) is 12.4. The van der Waals surface area contributed by atoms with Crippen molar-refractivity contribution in [3.05, 3.63) is 46.5 Å². The van der Waals surface area contributed by atoms with Gasteiger partial charge in [-0.05, 0) is 57.4 Å². The number of aryl methyl sites for hydroxylation is 1. The SMILES string of the molecule is CC(=O)c1c(C)[nH]c(C(=O)Nc2ccc3nc(C4CCC4)[nH]c3c2)c1C. The highest BCUT2D eigenvalue weighted by molar-refractivity contribution is 6.08. The van der Waals surface area contributed by atoms with Crippen molar-refractivity contribution in [2.24, 2.45) is 0 Å². The molecular formula is C20H22N4O2. The Morgan fingerprint density at radius 3 is 2.58 bits per heavy atom. The highest BCUT2D eigenvalue weighted by Crippen LogP contribution is 2.35. The second kappa shape index (κ2) is 6.12. The number of rotatable bonds is 4. The molecule has 0 atom stereocenters. The van der Waals surface area contributed by atoms with Crippen molar-refractivity contribution in [1.82, 2.24) is 15.0 Å². The van der Waals surface area contributed by atoms with Gasteiger partial charge in [0, 0.05) is 22.9 Å². The summed E-state index contributed by atoms with van der Waals surface area (Å²) in [5, 5.41) is 2.91. The Hall–Kier alpha value is -2.89. The van der Waals surface area contributed by atoms with Gasteiger partial charge in [0.15, 0.2) is 5.78 Å². The van der Waals surface area contributed by atoms with Crippen LogP contribution in [-0.2, 0) is 0 Å². The van der Waals surface area contributed by atoms with E-state index in [1.807, 2.05) is 18.2 Å². The van der Waals surface area contributed by atoms with Crippen LogP contribution in [0.15, 0.2) is 18.2 Å². The quantitative estimate of drug-likeness (QED) is 0.615. The molecule has 4 rings (SSSR count). The van der Waals surface area contributed by atoms with E-state index >= 15 is 0 Å². The molecule has 6 nitrogen and oxygen atoms in total. The summed E-state index contributed by atoms with van der Waals surface area (Å²) in [6, 6.07) is 5.67. The summed E-state index contributed by atoms with van der Waals surface area (Å²) in [5.74, 6) is 1.28. The minimum atomic E-state index is -0.254. The summed E-state index contributed by atoms with van der Waals surface area (Å²) in [6.07, 6.45) is 3.64. The number of amides is 1. The molecular weight excluding hydrogens is 328 g/mol. The molecule has 2 aromatic heterocycles. The Bertz CT molecular complexity index is 1020. The fraction of sp³-hybridized carbons (Fsp3) is 0.350. The average Bonchev–Trinajstić information content (AvgIpc) is 3.05. The van der Waals surface area contributed by atoms with E-state index in [4.69, 9.17) is 0 Å². The highest BCUT2D eigenvalue weighted by Gasteiger charge is 2.23. The fourth-order valence-corrected chi connectivity index (χ4v) is 3.68. The van der Waals surface area contributed by atoms with E-state index < -0.39 is 0 Å². The van der Waals surface area contributed by atoms with E-state index in [1.165, 1.54) is 26.2 Å². The molecule has 134 valence electrons. The third-order valence-corrected chi connectivity index (χ3v) is 5.27. The first-order valence-corrected chi connectivity index (χ1v) is 8.95. The number of imidazole rings is 1. The van der Waals surface area contributed by atoms with Crippen LogP contribution in [0.3, 0.4) is 0 Å². The molecule has 2 heterocycles. The second-order valence-corrected chi connectivity index (χ2v) is 7.12. The lowest BCUT2D eigenvalue weighted by molar-refractivity contribution is 0.101. The Labute approximate surface area is 151 Å². The monoisotopic (exact) mass is 350 g/mol. The number of anilines is 1. The largest absolute Gasteiger partial charge is 0.354 e. The van der Waals surface area contributed by atoms with Crippen molar-refractivity contribution < 1.29 is 9.59 Å². The van der Waals surface area contributed by atoms with Crippen molar-refractivity contribution in [3.8, 4) is 0 Å². The normalized spacial score (nSPS) is 14.4. The van der Waals surface area contributed by atoms with Crippen LogP contribution in [0.2, 0.25) is 0 Å². The number of nitrogens with one attached hydrogen (secondary N) is 3. The molecule has 0 spiro atoms. The molecule has 1 aliphatic carbocycles. The number of aromatic amines is 2. The van der Waals surface area contributed by atoms with Crippen LogP contribution in [0.1, 0.15) is 70.0 Å². The summed E-state index contributed by atoms with van der Waals surface area (Å²) in [7, 11) is 0. The fourth-order valence-electron chi connectivity index (χ4n) is 3.68. The number of nitrogens with zero attached hydrogens (tertiary/aromatic N) is 1. The smallest absolute Gasteiger partial charge is 0.272 e.